The highest BCUT2D eigenvalue weighted by Gasteiger charge is 2.28. The molecule has 0 radical (unpaired) electrons. The van der Waals surface area contributed by atoms with Gasteiger partial charge in [0, 0.05) is 17.4 Å². The maximum Gasteiger partial charge on any atom is 0.00981 e. The fourth-order valence-electron chi connectivity index (χ4n) is 4.19. The van der Waals surface area contributed by atoms with Gasteiger partial charge in [-0.1, -0.05) is 61.4 Å². The summed E-state index contributed by atoms with van der Waals surface area (Å²) in [7, 11) is 0. The molecule has 0 aromatic carbocycles. The summed E-state index contributed by atoms with van der Waals surface area (Å²) in [4.78, 5) is 2.96. The Balaban J connectivity index is 1.88. The molecule has 2 aliphatic carbocycles. The molecule has 0 aromatic heterocycles. The third-order valence-electron chi connectivity index (χ3n) is 5.57. The monoisotopic (exact) mass is 343 g/mol. The highest BCUT2D eigenvalue weighted by molar-refractivity contribution is 9.09. The van der Waals surface area contributed by atoms with Crippen LogP contribution >= 0.6 is 15.9 Å². The Labute approximate surface area is 135 Å². The zero-order valence-electron chi connectivity index (χ0n) is 13.5. The summed E-state index contributed by atoms with van der Waals surface area (Å²) < 4.78 is 0. The van der Waals surface area contributed by atoms with Gasteiger partial charge in [-0.2, -0.15) is 0 Å². The van der Waals surface area contributed by atoms with E-state index in [4.69, 9.17) is 0 Å². The minimum Gasteiger partial charge on any atom is -0.297 e. The molecule has 0 heterocycles. The molecule has 0 spiro atoms. The first-order valence-corrected chi connectivity index (χ1v) is 10.2. The van der Waals surface area contributed by atoms with E-state index in [0.29, 0.717) is 0 Å². The van der Waals surface area contributed by atoms with Crippen molar-refractivity contribution >= 4 is 15.9 Å². The molecular weight excluding hydrogens is 310 g/mol. The van der Waals surface area contributed by atoms with Gasteiger partial charge in [0.05, 0.1) is 0 Å². The van der Waals surface area contributed by atoms with Crippen molar-refractivity contribution in [1.29, 1.82) is 0 Å². The molecule has 2 rings (SSSR count). The molecule has 0 aromatic rings. The zero-order valence-corrected chi connectivity index (χ0v) is 15.0. The van der Waals surface area contributed by atoms with Gasteiger partial charge < -0.3 is 0 Å². The Morgan fingerprint density at radius 1 is 0.850 bits per heavy atom. The summed E-state index contributed by atoms with van der Waals surface area (Å²) in [5.41, 5.74) is 0. The van der Waals surface area contributed by atoms with Crippen LogP contribution in [0.15, 0.2) is 0 Å². The van der Waals surface area contributed by atoms with Crippen molar-refractivity contribution in [3.63, 3.8) is 0 Å². The first-order valence-electron chi connectivity index (χ1n) is 9.13. The van der Waals surface area contributed by atoms with Crippen LogP contribution in [0.4, 0.5) is 0 Å². The van der Waals surface area contributed by atoms with E-state index in [1.807, 2.05) is 0 Å². The van der Waals surface area contributed by atoms with Crippen LogP contribution in [0.3, 0.4) is 0 Å². The predicted octanol–water partition coefficient (Wildman–Crippen LogP) is 5.77. The van der Waals surface area contributed by atoms with Crippen LogP contribution < -0.4 is 0 Å². The van der Waals surface area contributed by atoms with E-state index in [9.17, 15) is 0 Å². The number of nitrogens with zero attached hydrogens (tertiary/aromatic N) is 1. The molecule has 0 bridgehead atoms. The van der Waals surface area contributed by atoms with E-state index in [1.165, 1.54) is 88.9 Å². The maximum absolute atomic E-state index is 3.60. The van der Waals surface area contributed by atoms with Gasteiger partial charge in [0.1, 0.15) is 0 Å². The van der Waals surface area contributed by atoms with Crippen molar-refractivity contribution in [2.75, 3.05) is 11.9 Å². The van der Waals surface area contributed by atoms with E-state index in [2.05, 4.69) is 27.8 Å². The first-order chi connectivity index (χ1) is 9.81. The van der Waals surface area contributed by atoms with Gasteiger partial charge in [0.25, 0.3) is 0 Å². The number of halogens is 1. The average Bonchev–Trinajstić information content (AvgIpc) is 2.50. The standard InChI is InChI=1S/C18H34BrN/c1-16(12-14-19)13-15-20(17-8-4-2-5-9-17)18-10-6-3-7-11-18/h16-18H,2-15H2,1H3. The minimum atomic E-state index is 0.879. The summed E-state index contributed by atoms with van der Waals surface area (Å²) in [5, 5.41) is 1.17. The number of alkyl halides is 1. The van der Waals surface area contributed by atoms with Crippen molar-refractivity contribution in [1.82, 2.24) is 4.90 Å². The summed E-state index contributed by atoms with van der Waals surface area (Å²) in [6.45, 7) is 3.80. The molecule has 0 N–H and O–H groups in total. The highest BCUT2D eigenvalue weighted by Crippen LogP contribution is 2.30. The van der Waals surface area contributed by atoms with Crippen LogP contribution in [0.25, 0.3) is 0 Å². The predicted molar refractivity (Wildman–Crippen MR) is 92.6 cm³/mol. The zero-order chi connectivity index (χ0) is 14.2. The second-order valence-electron chi connectivity index (χ2n) is 7.19. The van der Waals surface area contributed by atoms with E-state index < -0.39 is 0 Å². The van der Waals surface area contributed by atoms with Crippen LogP contribution in [0.5, 0.6) is 0 Å². The third kappa shape index (κ3) is 5.33. The fourth-order valence-corrected chi connectivity index (χ4v) is 4.97. The van der Waals surface area contributed by atoms with Crippen LogP contribution in [0, 0.1) is 5.92 Å². The Kier molecular flexibility index (Phi) is 7.94. The lowest BCUT2D eigenvalue weighted by Gasteiger charge is -2.42. The molecule has 1 unspecified atom stereocenters. The lowest BCUT2D eigenvalue weighted by Crippen LogP contribution is -2.46. The Hall–Kier alpha value is 0.440. The average molecular weight is 344 g/mol. The summed E-state index contributed by atoms with van der Waals surface area (Å²) in [6, 6.07) is 1.84. The molecule has 0 saturated heterocycles. The fraction of sp³-hybridized carbons (Fsp3) is 1.00. The molecule has 20 heavy (non-hydrogen) atoms. The second-order valence-corrected chi connectivity index (χ2v) is 7.99. The van der Waals surface area contributed by atoms with Gasteiger partial charge >= 0.3 is 0 Å². The molecule has 2 fully saturated rings. The number of rotatable bonds is 7. The number of hydrogen-bond donors (Lipinski definition) is 0. The summed E-state index contributed by atoms with van der Waals surface area (Å²) in [5.74, 6) is 0.879. The van der Waals surface area contributed by atoms with Crippen LogP contribution in [-0.2, 0) is 0 Å². The summed E-state index contributed by atoms with van der Waals surface area (Å²) >= 11 is 3.60. The second kappa shape index (κ2) is 9.46. The van der Waals surface area contributed by atoms with Crippen molar-refractivity contribution < 1.29 is 0 Å². The van der Waals surface area contributed by atoms with E-state index in [-0.39, 0.29) is 0 Å². The van der Waals surface area contributed by atoms with Crippen molar-refractivity contribution in [3.05, 3.63) is 0 Å². The Morgan fingerprint density at radius 2 is 1.35 bits per heavy atom. The molecule has 2 saturated carbocycles. The topological polar surface area (TPSA) is 3.24 Å². The van der Waals surface area contributed by atoms with E-state index in [1.54, 1.807) is 0 Å². The molecule has 2 aliphatic rings. The van der Waals surface area contributed by atoms with Gasteiger partial charge in [-0.3, -0.25) is 4.90 Å². The van der Waals surface area contributed by atoms with E-state index in [0.717, 1.165) is 18.0 Å². The minimum absolute atomic E-state index is 0.879. The molecular formula is C18H34BrN. The Morgan fingerprint density at radius 3 is 1.80 bits per heavy atom. The van der Waals surface area contributed by atoms with Crippen LogP contribution in [0.2, 0.25) is 0 Å². The quantitative estimate of drug-likeness (QED) is 0.530. The lowest BCUT2D eigenvalue weighted by molar-refractivity contribution is 0.0751. The maximum atomic E-state index is 3.60. The lowest BCUT2D eigenvalue weighted by atomic mass is 9.88. The molecule has 1 atom stereocenters. The van der Waals surface area contributed by atoms with Crippen molar-refractivity contribution in [2.24, 2.45) is 5.92 Å². The third-order valence-corrected chi connectivity index (χ3v) is 6.03. The molecule has 0 amide bonds. The van der Waals surface area contributed by atoms with Gasteiger partial charge in [0.15, 0.2) is 0 Å². The van der Waals surface area contributed by atoms with Gasteiger partial charge in [-0.25, -0.2) is 0 Å². The molecule has 118 valence electrons. The smallest absolute Gasteiger partial charge is 0.00981 e. The Bertz CT molecular complexity index is 226. The van der Waals surface area contributed by atoms with Crippen molar-refractivity contribution in [3.8, 4) is 0 Å². The normalized spacial score (nSPS) is 24.1. The summed E-state index contributed by atoms with van der Waals surface area (Å²) in [6.07, 6.45) is 17.5. The highest BCUT2D eigenvalue weighted by atomic mass is 79.9. The SMILES string of the molecule is CC(CCBr)CCN(C1CCCCC1)C1CCCCC1. The first kappa shape index (κ1) is 16.8. The van der Waals surface area contributed by atoms with E-state index >= 15 is 0 Å². The van der Waals surface area contributed by atoms with Crippen LogP contribution in [0.1, 0.15) is 84.0 Å². The van der Waals surface area contributed by atoms with Gasteiger partial charge in [-0.05, 0) is 51.0 Å². The van der Waals surface area contributed by atoms with Gasteiger partial charge in [-0.15, -0.1) is 0 Å². The molecule has 0 aliphatic heterocycles. The van der Waals surface area contributed by atoms with Crippen molar-refractivity contribution in [2.45, 2.75) is 96.1 Å². The van der Waals surface area contributed by atoms with Gasteiger partial charge in [0.2, 0.25) is 0 Å². The largest absolute Gasteiger partial charge is 0.297 e. The molecule has 2 heteroatoms. The van der Waals surface area contributed by atoms with Crippen LogP contribution in [-0.4, -0.2) is 28.9 Å². The molecule has 1 nitrogen and oxygen atoms in total. The number of hydrogen-bond acceptors (Lipinski definition) is 1.